The average molecular weight is 266 g/mol. The third-order valence-electron chi connectivity index (χ3n) is 4.15. The maximum Gasteiger partial charge on any atom is 0.0660 e. The summed E-state index contributed by atoms with van der Waals surface area (Å²) < 4.78 is 0. The molecule has 0 saturated carbocycles. The SMILES string of the molecule is Nc1ccc(N2CCN3CCCCC3C2)c(Cl)c1. The van der Waals surface area contributed by atoms with Crippen molar-refractivity contribution in [1.82, 2.24) is 4.90 Å². The summed E-state index contributed by atoms with van der Waals surface area (Å²) in [5, 5.41) is 0.777. The molecule has 2 aliphatic rings. The van der Waals surface area contributed by atoms with Crippen LogP contribution >= 0.6 is 11.6 Å². The number of nitrogens with zero attached hydrogens (tertiary/aromatic N) is 2. The molecule has 1 unspecified atom stereocenters. The van der Waals surface area contributed by atoms with Gasteiger partial charge in [0.05, 0.1) is 10.7 Å². The van der Waals surface area contributed by atoms with Gasteiger partial charge in [-0.15, -0.1) is 0 Å². The topological polar surface area (TPSA) is 32.5 Å². The number of hydrogen-bond acceptors (Lipinski definition) is 3. The molecule has 0 bridgehead atoms. The van der Waals surface area contributed by atoms with Crippen molar-refractivity contribution >= 4 is 23.0 Å². The smallest absolute Gasteiger partial charge is 0.0660 e. The minimum atomic E-state index is 0.709. The highest BCUT2D eigenvalue weighted by molar-refractivity contribution is 6.33. The van der Waals surface area contributed by atoms with E-state index in [1.54, 1.807) is 0 Å². The summed E-state index contributed by atoms with van der Waals surface area (Å²) in [6, 6.07) is 6.55. The summed E-state index contributed by atoms with van der Waals surface area (Å²) in [7, 11) is 0. The van der Waals surface area contributed by atoms with Crippen molar-refractivity contribution in [3.8, 4) is 0 Å². The van der Waals surface area contributed by atoms with E-state index in [1.165, 1.54) is 25.8 Å². The number of piperidine rings is 1. The highest BCUT2D eigenvalue weighted by Gasteiger charge is 2.29. The Kier molecular flexibility index (Phi) is 3.35. The van der Waals surface area contributed by atoms with Crippen molar-refractivity contribution in [3.05, 3.63) is 23.2 Å². The van der Waals surface area contributed by atoms with Gasteiger partial charge in [-0.3, -0.25) is 4.90 Å². The van der Waals surface area contributed by atoms with Gasteiger partial charge in [-0.1, -0.05) is 18.0 Å². The number of piperazine rings is 1. The zero-order chi connectivity index (χ0) is 12.5. The van der Waals surface area contributed by atoms with E-state index in [0.29, 0.717) is 6.04 Å². The van der Waals surface area contributed by atoms with Crippen LogP contribution in [0.2, 0.25) is 5.02 Å². The van der Waals surface area contributed by atoms with Crippen LogP contribution < -0.4 is 10.6 Å². The number of nitrogen functional groups attached to an aromatic ring is 1. The minimum absolute atomic E-state index is 0.709. The second-order valence-electron chi connectivity index (χ2n) is 5.34. The van der Waals surface area contributed by atoms with E-state index in [9.17, 15) is 0 Å². The second kappa shape index (κ2) is 4.98. The number of anilines is 2. The van der Waals surface area contributed by atoms with Gasteiger partial charge in [-0.2, -0.15) is 0 Å². The molecule has 4 heteroatoms. The lowest BCUT2D eigenvalue weighted by atomic mass is 9.99. The molecule has 0 radical (unpaired) electrons. The second-order valence-corrected chi connectivity index (χ2v) is 5.75. The molecule has 2 aliphatic heterocycles. The van der Waals surface area contributed by atoms with Crippen LogP contribution in [0.15, 0.2) is 18.2 Å². The van der Waals surface area contributed by atoms with Crippen LogP contribution in [0.25, 0.3) is 0 Å². The molecule has 2 N–H and O–H groups in total. The molecule has 98 valence electrons. The number of fused-ring (bicyclic) bond motifs is 1. The van der Waals surface area contributed by atoms with E-state index in [1.807, 2.05) is 12.1 Å². The Morgan fingerprint density at radius 1 is 1.17 bits per heavy atom. The molecule has 1 aromatic rings. The van der Waals surface area contributed by atoms with Crippen LogP contribution in [0.3, 0.4) is 0 Å². The summed E-state index contributed by atoms with van der Waals surface area (Å²) in [6.07, 6.45) is 4.05. The van der Waals surface area contributed by atoms with E-state index in [2.05, 4.69) is 15.9 Å². The van der Waals surface area contributed by atoms with Gasteiger partial charge >= 0.3 is 0 Å². The maximum absolute atomic E-state index is 6.30. The Labute approximate surface area is 114 Å². The minimum Gasteiger partial charge on any atom is -0.399 e. The third-order valence-corrected chi connectivity index (χ3v) is 4.45. The first-order valence-electron chi connectivity index (χ1n) is 6.78. The Balaban J connectivity index is 1.77. The summed E-state index contributed by atoms with van der Waals surface area (Å²) in [4.78, 5) is 5.04. The lowest BCUT2D eigenvalue weighted by molar-refractivity contribution is 0.133. The molecule has 2 saturated heterocycles. The highest BCUT2D eigenvalue weighted by Crippen LogP contribution is 2.31. The summed E-state index contributed by atoms with van der Waals surface area (Å²) in [6.45, 7) is 4.60. The lowest BCUT2D eigenvalue weighted by Gasteiger charge is -2.45. The summed E-state index contributed by atoms with van der Waals surface area (Å²) in [5.74, 6) is 0. The molecule has 0 amide bonds. The molecule has 3 nitrogen and oxygen atoms in total. The first-order valence-corrected chi connectivity index (χ1v) is 7.16. The highest BCUT2D eigenvalue weighted by atomic mass is 35.5. The van der Waals surface area contributed by atoms with Gasteiger partial charge in [0.2, 0.25) is 0 Å². The fourth-order valence-corrected chi connectivity index (χ4v) is 3.46. The van der Waals surface area contributed by atoms with Crippen LogP contribution in [-0.2, 0) is 0 Å². The number of hydrogen-bond donors (Lipinski definition) is 1. The Morgan fingerprint density at radius 2 is 2.06 bits per heavy atom. The van der Waals surface area contributed by atoms with Crippen molar-refractivity contribution in [1.29, 1.82) is 0 Å². The number of rotatable bonds is 1. The van der Waals surface area contributed by atoms with Gasteiger partial charge in [0.15, 0.2) is 0 Å². The van der Waals surface area contributed by atoms with Crippen LogP contribution in [0.4, 0.5) is 11.4 Å². The lowest BCUT2D eigenvalue weighted by Crippen LogP contribution is -2.54. The first-order chi connectivity index (χ1) is 8.74. The molecule has 0 aliphatic carbocycles. The van der Waals surface area contributed by atoms with E-state index >= 15 is 0 Å². The number of halogens is 1. The fraction of sp³-hybridized carbons (Fsp3) is 0.571. The van der Waals surface area contributed by atoms with Crippen LogP contribution in [0, 0.1) is 0 Å². The summed E-state index contributed by atoms with van der Waals surface area (Å²) >= 11 is 6.30. The molecule has 2 heterocycles. The average Bonchev–Trinajstić information content (AvgIpc) is 2.38. The van der Waals surface area contributed by atoms with Crippen molar-refractivity contribution < 1.29 is 0 Å². The molecule has 1 aromatic carbocycles. The molecule has 0 spiro atoms. The van der Waals surface area contributed by atoms with Gasteiger partial charge in [-0.05, 0) is 37.6 Å². The standard InChI is InChI=1S/C14H20ClN3/c15-13-9-11(16)4-5-14(13)18-8-7-17-6-2-1-3-12(17)10-18/h4-5,9,12H,1-3,6-8,10,16H2. The molecule has 18 heavy (non-hydrogen) atoms. The molecular formula is C14H20ClN3. The van der Waals surface area contributed by atoms with Crippen LogP contribution in [0.5, 0.6) is 0 Å². The zero-order valence-corrected chi connectivity index (χ0v) is 11.4. The van der Waals surface area contributed by atoms with Crippen molar-refractivity contribution in [2.24, 2.45) is 0 Å². The van der Waals surface area contributed by atoms with E-state index in [0.717, 1.165) is 36.0 Å². The predicted octanol–water partition coefficient (Wildman–Crippen LogP) is 2.60. The molecular weight excluding hydrogens is 246 g/mol. The predicted molar refractivity (Wildman–Crippen MR) is 77.3 cm³/mol. The Morgan fingerprint density at radius 3 is 2.89 bits per heavy atom. The number of nitrogens with two attached hydrogens (primary N) is 1. The molecule has 2 fully saturated rings. The normalized spacial score (nSPS) is 24.9. The van der Waals surface area contributed by atoms with E-state index in [-0.39, 0.29) is 0 Å². The van der Waals surface area contributed by atoms with Gasteiger partial charge in [0, 0.05) is 31.4 Å². The van der Waals surface area contributed by atoms with Gasteiger partial charge in [0.25, 0.3) is 0 Å². The monoisotopic (exact) mass is 265 g/mol. The van der Waals surface area contributed by atoms with E-state index < -0.39 is 0 Å². The van der Waals surface area contributed by atoms with Gasteiger partial charge in [-0.25, -0.2) is 0 Å². The Bertz CT molecular complexity index is 435. The van der Waals surface area contributed by atoms with E-state index in [4.69, 9.17) is 17.3 Å². The fourth-order valence-electron chi connectivity index (χ4n) is 3.15. The molecule has 1 atom stereocenters. The summed E-state index contributed by atoms with van der Waals surface area (Å²) in [5.41, 5.74) is 7.62. The third kappa shape index (κ3) is 2.29. The van der Waals surface area contributed by atoms with Crippen molar-refractivity contribution in [2.45, 2.75) is 25.3 Å². The Hall–Kier alpha value is -0.930. The van der Waals surface area contributed by atoms with Crippen molar-refractivity contribution in [3.63, 3.8) is 0 Å². The first kappa shape index (κ1) is 12.1. The maximum atomic E-state index is 6.30. The zero-order valence-electron chi connectivity index (χ0n) is 10.6. The largest absolute Gasteiger partial charge is 0.399 e. The van der Waals surface area contributed by atoms with Crippen LogP contribution in [0.1, 0.15) is 19.3 Å². The van der Waals surface area contributed by atoms with Gasteiger partial charge in [0.1, 0.15) is 0 Å². The molecule has 3 rings (SSSR count). The van der Waals surface area contributed by atoms with Gasteiger partial charge < -0.3 is 10.6 Å². The number of benzene rings is 1. The van der Waals surface area contributed by atoms with Crippen LogP contribution in [-0.4, -0.2) is 37.1 Å². The quantitative estimate of drug-likeness (QED) is 0.793. The molecule has 0 aromatic heterocycles. The van der Waals surface area contributed by atoms with Crippen molar-refractivity contribution in [2.75, 3.05) is 36.8 Å².